The van der Waals surface area contributed by atoms with E-state index in [4.69, 9.17) is 5.11 Å². The van der Waals surface area contributed by atoms with E-state index < -0.39 is 5.97 Å². The Kier molecular flexibility index (Phi) is 5.13. The number of carbonyl (C=O) groups is 1. The second-order valence-electron chi connectivity index (χ2n) is 4.90. The predicted molar refractivity (Wildman–Crippen MR) is 81.7 cm³/mol. The minimum Gasteiger partial charge on any atom is -0.480 e. The second kappa shape index (κ2) is 6.86. The normalized spacial score (nSPS) is 16.5. The fourth-order valence-electron chi connectivity index (χ4n) is 2.47. The van der Waals surface area contributed by atoms with Gasteiger partial charge in [-0.2, -0.15) is 0 Å². The van der Waals surface area contributed by atoms with Gasteiger partial charge in [-0.25, -0.2) is 0 Å². The highest BCUT2D eigenvalue weighted by Crippen LogP contribution is 2.31. The molecule has 0 unspecified atom stereocenters. The van der Waals surface area contributed by atoms with Gasteiger partial charge in [-0.1, -0.05) is 15.9 Å². The lowest BCUT2D eigenvalue weighted by Crippen LogP contribution is -2.34. The van der Waals surface area contributed by atoms with Crippen LogP contribution in [0.25, 0.3) is 0 Å². The summed E-state index contributed by atoms with van der Waals surface area (Å²) in [5.41, 5.74) is 0.649. The molecule has 114 valence electrons. The van der Waals surface area contributed by atoms with Crippen LogP contribution in [0.15, 0.2) is 22.7 Å². The average Bonchev–Trinajstić information content (AvgIpc) is 2.63. The molecule has 0 atom stereocenters. The van der Waals surface area contributed by atoms with Gasteiger partial charge in [-0.15, -0.1) is 0 Å². The highest BCUT2D eigenvalue weighted by atomic mass is 79.9. The standard InChI is InChI=1S/C13H16BrN3O4/c14-10-2-3-11(17(20)21)12(8-10)16-5-1-4-15(6-7-16)9-13(18)19/h2-3,8H,1,4-7,9H2,(H,18,19). The van der Waals surface area contributed by atoms with E-state index in [9.17, 15) is 14.9 Å². The molecule has 0 saturated carbocycles. The van der Waals surface area contributed by atoms with E-state index in [1.54, 1.807) is 12.1 Å². The second-order valence-corrected chi connectivity index (χ2v) is 5.82. The van der Waals surface area contributed by atoms with E-state index in [1.807, 2.05) is 9.80 Å². The van der Waals surface area contributed by atoms with Crippen LogP contribution >= 0.6 is 15.9 Å². The molecule has 0 amide bonds. The molecule has 1 saturated heterocycles. The van der Waals surface area contributed by atoms with Crippen molar-refractivity contribution in [2.75, 3.05) is 37.6 Å². The minimum atomic E-state index is -0.850. The van der Waals surface area contributed by atoms with Crippen LogP contribution in [0.5, 0.6) is 0 Å². The Labute approximate surface area is 130 Å². The number of anilines is 1. The third-order valence-electron chi connectivity index (χ3n) is 3.42. The summed E-state index contributed by atoms with van der Waals surface area (Å²) in [4.78, 5) is 25.3. The van der Waals surface area contributed by atoms with Crippen molar-refractivity contribution in [3.63, 3.8) is 0 Å². The first-order valence-corrected chi connectivity index (χ1v) is 7.39. The Bertz CT molecular complexity index is 552. The maximum atomic E-state index is 11.1. The van der Waals surface area contributed by atoms with Crippen molar-refractivity contribution in [3.8, 4) is 0 Å². The molecule has 2 rings (SSSR count). The van der Waals surface area contributed by atoms with Gasteiger partial charge in [0.2, 0.25) is 0 Å². The van der Waals surface area contributed by atoms with E-state index in [1.165, 1.54) is 6.07 Å². The summed E-state index contributed by atoms with van der Waals surface area (Å²) in [6, 6.07) is 4.88. The number of carboxylic acids is 1. The first-order valence-electron chi connectivity index (χ1n) is 6.60. The molecular formula is C13H16BrN3O4. The van der Waals surface area contributed by atoms with Gasteiger partial charge in [0.1, 0.15) is 5.69 Å². The van der Waals surface area contributed by atoms with Gasteiger partial charge in [0.25, 0.3) is 5.69 Å². The van der Waals surface area contributed by atoms with E-state index in [0.717, 1.165) is 10.9 Å². The predicted octanol–water partition coefficient (Wildman–Crippen LogP) is 1.95. The summed E-state index contributed by atoms with van der Waals surface area (Å²) in [6.07, 6.45) is 0.775. The number of hydrogen-bond acceptors (Lipinski definition) is 5. The average molecular weight is 358 g/mol. The molecule has 21 heavy (non-hydrogen) atoms. The summed E-state index contributed by atoms with van der Waals surface area (Å²) in [6.45, 7) is 2.52. The first kappa shape index (κ1) is 15.7. The molecule has 1 fully saturated rings. The number of hydrogen-bond donors (Lipinski definition) is 1. The van der Waals surface area contributed by atoms with Crippen molar-refractivity contribution in [3.05, 3.63) is 32.8 Å². The van der Waals surface area contributed by atoms with Crippen molar-refractivity contribution in [1.82, 2.24) is 4.90 Å². The number of nitro groups is 1. The molecule has 8 heteroatoms. The summed E-state index contributed by atoms with van der Waals surface area (Å²) >= 11 is 3.34. The van der Waals surface area contributed by atoms with Crippen LogP contribution in [0, 0.1) is 10.1 Å². The molecule has 0 aromatic heterocycles. The van der Waals surface area contributed by atoms with Gasteiger partial charge < -0.3 is 10.0 Å². The molecule has 7 nitrogen and oxygen atoms in total. The summed E-state index contributed by atoms with van der Waals surface area (Å²) in [5, 5.41) is 20.0. The van der Waals surface area contributed by atoms with E-state index in [0.29, 0.717) is 31.9 Å². The van der Waals surface area contributed by atoms with Crippen molar-refractivity contribution in [1.29, 1.82) is 0 Å². The third-order valence-corrected chi connectivity index (χ3v) is 3.92. The Balaban J connectivity index is 2.17. The zero-order valence-corrected chi connectivity index (χ0v) is 13.0. The summed E-state index contributed by atoms with van der Waals surface area (Å²) in [5.74, 6) is -0.850. The fraction of sp³-hybridized carbons (Fsp3) is 0.462. The first-order chi connectivity index (χ1) is 9.97. The zero-order chi connectivity index (χ0) is 15.4. The summed E-state index contributed by atoms with van der Waals surface area (Å²) < 4.78 is 0.787. The molecule has 1 aromatic carbocycles. The highest BCUT2D eigenvalue weighted by Gasteiger charge is 2.23. The van der Waals surface area contributed by atoms with Crippen LogP contribution in [0.2, 0.25) is 0 Å². The topological polar surface area (TPSA) is 86.9 Å². The number of carboxylic acid groups (broad SMARTS) is 1. The van der Waals surface area contributed by atoms with Gasteiger partial charge in [-0.05, 0) is 18.6 Å². The van der Waals surface area contributed by atoms with Gasteiger partial charge in [0, 0.05) is 36.7 Å². The van der Waals surface area contributed by atoms with E-state index in [2.05, 4.69) is 15.9 Å². The highest BCUT2D eigenvalue weighted by molar-refractivity contribution is 9.10. The Morgan fingerprint density at radius 3 is 2.76 bits per heavy atom. The Hall–Kier alpha value is -1.67. The molecule has 0 bridgehead atoms. The fourth-order valence-corrected chi connectivity index (χ4v) is 2.81. The molecule has 1 aliphatic heterocycles. The zero-order valence-electron chi connectivity index (χ0n) is 11.4. The third kappa shape index (κ3) is 4.15. The number of benzene rings is 1. The molecule has 1 heterocycles. The van der Waals surface area contributed by atoms with E-state index >= 15 is 0 Å². The largest absolute Gasteiger partial charge is 0.480 e. The lowest BCUT2D eigenvalue weighted by Gasteiger charge is -2.23. The van der Waals surface area contributed by atoms with Crippen molar-refractivity contribution in [2.45, 2.75) is 6.42 Å². The molecular weight excluding hydrogens is 342 g/mol. The van der Waals surface area contributed by atoms with Crippen LogP contribution < -0.4 is 4.90 Å². The molecule has 1 N–H and O–H groups in total. The number of nitro benzene ring substituents is 1. The quantitative estimate of drug-likeness (QED) is 0.654. The number of rotatable bonds is 4. The monoisotopic (exact) mass is 357 g/mol. The maximum Gasteiger partial charge on any atom is 0.317 e. The smallest absolute Gasteiger partial charge is 0.317 e. The molecule has 0 radical (unpaired) electrons. The van der Waals surface area contributed by atoms with Gasteiger partial charge in [0.05, 0.1) is 11.5 Å². The Morgan fingerprint density at radius 2 is 2.10 bits per heavy atom. The van der Waals surface area contributed by atoms with Crippen LogP contribution in [-0.4, -0.2) is 53.6 Å². The van der Waals surface area contributed by atoms with E-state index in [-0.39, 0.29) is 17.2 Å². The number of halogens is 1. The Morgan fingerprint density at radius 1 is 1.33 bits per heavy atom. The van der Waals surface area contributed by atoms with Crippen LogP contribution in [0.1, 0.15) is 6.42 Å². The van der Waals surface area contributed by atoms with Crippen LogP contribution in [-0.2, 0) is 4.79 Å². The van der Waals surface area contributed by atoms with Gasteiger partial charge in [0.15, 0.2) is 0 Å². The van der Waals surface area contributed by atoms with Gasteiger partial charge >= 0.3 is 5.97 Å². The molecule has 1 aliphatic rings. The molecule has 1 aromatic rings. The van der Waals surface area contributed by atoms with Gasteiger partial charge in [-0.3, -0.25) is 19.8 Å². The lowest BCUT2D eigenvalue weighted by molar-refractivity contribution is -0.384. The molecule has 0 spiro atoms. The maximum absolute atomic E-state index is 11.1. The van der Waals surface area contributed by atoms with Crippen LogP contribution in [0.4, 0.5) is 11.4 Å². The van der Waals surface area contributed by atoms with Crippen molar-refractivity contribution < 1.29 is 14.8 Å². The minimum absolute atomic E-state index is 0.00835. The lowest BCUT2D eigenvalue weighted by atomic mass is 10.2. The summed E-state index contributed by atoms with van der Waals surface area (Å²) in [7, 11) is 0. The molecule has 0 aliphatic carbocycles. The SMILES string of the molecule is O=C(O)CN1CCCN(c2cc(Br)ccc2[N+](=O)[O-])CC1. The van der Waals surface area contributed by atoms with Crippen molar-refractivity contribution >= 4 is 33.3 Å². The van der Waals surface area contributed by atoms with Crippen molar-refractivity contribution in [2.24, 2.45) is 0 Å². The number of nitrogens with zero attached hydrogens (tertiary/aromatic N) is 3. The number of aliphatic carboxylic acids is 1. The van der Waals surface area contributed by atoms with Crippen LogP contribution in [0.3, 0.4) is 0 Å².